The van der Waals surface area contributed by atoms with Crippen LogP contribution in [-0.4, -0.2) is 36.1 Å². The number of amides is 1. The second-order valence-corrected chi connectivity index (χ2v) is 6.27. The molecule has 0 aliphatic rings. The number of benzene rings is 2. The van der Waals surface area contributed by atoms with Gasteiger partial charge < -0.3 is 14.7 Å². The Morgan fingerprint density at radius 1 is 1.26 bits per heavy atom. The number of ether oxygens (including phenoxy) is 1. The molecule has 0 atom stereocenters. The number of halogens is 1. The highest BCUT2D eigenvalue weighted by atomic mass is 79.9. The molecule has 23 heavy (non-hydrogen) atoms. The highest BCUT2D eigenvalue weighted by Gasteiger charge is 2.15. The fourth-order valence-electron chi connectivity index (χ4n) is 2.19. The van der Waals surface area contributed by atoms with Gasteiger partial charge in [0.25, 0.3) is 5.91 Å². The van der Waals surface area contributed by atoms with Gasteiger partial charge in [-0.1, -0.05) is 34.1 Å². The van der Waals surface area contributed by atoms with E-state index in [0.29, 0.717) is 25.1 Å². The monoisotopic (exact) mass is 377 g/mol. The van der Waals surface area contributed by atoms with Crippen LogP contribution in [0.4, 0.5) is 0 Å². The second kappa shape index (κ2) is 8.02. The van der Waals surface area contributed by atoms with E-state index in [1.165, 1.54) is 6.07 Å². The third-order valence-corrected chi connectivity index (χ3v) is 4.02. The maximum absolute atomic E-state index is 12.3. The van der Waals surface area contributed by atoms with Crippen LogP contribution in [0.25, 0.3) is 0 Å². The number of phenols is 1. The fourth-order valence-corrected chi connectivity index (χ4v) is 2.55. The molecule has 1 amide bonds. The summed E-state index contributed by atoms with van der Waals surface area (Å²) in [4.78, 5) is 13.9. The van der Waals surface area contributed by atoms with Crippen LogP contribution in [0, 0.1) is 6.92 Å². The minimum atomic E-state index is -0.209. The molecule has 122 valence electrons. The van der Waals surface area contributed by atoms with Crippen LogP contribution in [0.5, 0.6) is 11.5 Å². The Morgan fingerprint density at radius 3 is 2.74 bits per heavy atom. The predicted octanol–water partition coefficient (Wildman–Crippen LogP) is 4.00. The lowest BCUT2D eigenvalue weighted by Gasteiger charge is -2.18. The Kier molecular flexibility index (Phi) is 6.04. The number of hydrogen-bond donors (Lipinski definition) is 1. The Labute approximate surface area is 144 Å². The number of nitrogens with zero attached hydrogens (tertiary/aromatic N) is 1. The van der Waals surface area contributed by atoms with Crippen LogP contribution >= 0.6 is 15.9 Å². The number of para-hydroxylation sites is 1. The van der Waals surface area contributed by atoms with E-state index < -0.39 is 0 Å². The van der Waals surface area contributed by atoms with Gasteiger partial charge in [0.15, 0.2) is 0 Å². The Bertz CT molecular complexity index is 688. The predicted molar refractivity (Wildman–Crippen MR) is 94.1 cm³/mol. The van der Waals surface area contributed by atoms with Crippen molar-refractivity contribution in [2.24, 2.45) is 0 Å². The first-order valence-electron chi connectivity index (χ1n) is 7.41. The van der Waals surface area contributed by atoms with Gasteiger partial charge in [-0.2, -0.15) is 0 Å². The molecule has 0 unspecified atom stereocenters. The molecule has 0 fully saturated rings. The molecular formula is C18H20BrNO3. The van der Waals surface area contributed by atoms with Crippen LogP contribution in [-0.2, 0) is 0 Å². The number of rotatable bonds is 6. The molecule has 4 nitrogen and oxygen atoms in total. The highest BCUT2D eigenvalue weighted by Crippen LogP contribution is 2.23. The van der Waals surface area contributed by atoms with E-state index >= 15 is 0 Å². The van der Waals surface area contributed by atoms with E-state index in [-0.39, 0.29) is 11.7 Å². The summed E-state index contributed by atoms with van der Waals surface area (Å²) in [5, 5.41) is 9.81. The summed E-state index contributed by atoms with van der Waals surface area (Å²) in [6, 6.07) is 12.7. The lowest BCUT2D eigenvalue weighted by molar-refractivity contribution is 0.0784. The number of carbonyl (C=O) groups excluding carboxylic acids is 1. The van der Waals surface area contributed by atoms with E-state index in [0.717, 1.165) is 15.8 Å². The third kappa shape index (κ3) is 4.73. The molecule has 5 heteroatoms. The first-order chi connectivity index (χ1) is 11.0. The molecule has 0 bridgehead atoms. The van der Waals surface area contributed by atoms with Gasteiger partial charge in [-0.25, -0.2) is 0 Å². The topological polar surface area (TPSA) is 49.8 Å². The normalized spacial score (nSPS) is 10.4. The maximum Gasteiger partial charge on any atom is 0.257 e. The summed E-state index contributed by atoms with van der Waals surface area (Å²) < 4.78 is 6.48. The molecule has 2 aromatic carbocycles. The highest BCUT2D eigenvalue weighted by molar-refractivity contribution is 9.10. The average molecular weight is 378 g/mol. The molecule has 0 aromatic heterocycles. The lowest BCUT2D eigenvalue weighted by Crippen LogP contribution is -2.28. The van der Waals surface area contributed by atoms with Gasteiger partial charge in [0.05, 0.1) is 12.2 Å². The smallest absolute Gasteiger partial charge is 0.257 e. The number of aryl methyl sites for hydroxylation is 1. The van der Waals surface area contributed by atoms with Gasteiger partial charge in [-0.05, 0) is 43.2 Å². The molecule has 0 heterocycles. The molecule has 0 aliphatic heterocycles. The lowest BCUT2D eigenvalue weighted by atomic mass is 10.2. The Morgan fingerprint density at radius 2 is 2.00 bits per heavy atom. The van der Waals surface area contributed by atoms with Crippen molar-refractivity contribution in [3.63, 3.8) is 0 Å². The first-order valence-corrected chi connectivity index (χ1v) is 8.20. The van der Waals surface area contributed by atoms with Crippen molar-refractivity contribution in [2.75, 3.05) is 20.2 Å². The maximum atomic E-state index is 12.3. The zero-order chi connectivity index (χ0) is 16.8. The molecular weight excluding hydrogens is 358 g/mol. The molecule has 1 N–H and O–H groups in total. The van der Waals surface area contributed by atoms with Crippen molar-refractivity contribution in [1.82, 2.24) is 4.90 Å². The molecule has 2 rings (SSSR count). The van der Waals surface area contributed by atoms with Crippen LogP contribution in [0.1, 0.15) is 22.3 Å². The summed E-state index contributed by atoms with van der Waals surface area (Å²) in [5.41, 5.74) is 1.39. The van der Waals surface area contributed by atoms with Crippen molar-refractivity contribution in [2.45, 2.75) is 13.3 Å². The van der Waals surface area contributed by atoms with Gasteiger partial charge in [-0.15, -0.1) is 0 Å². The Balaban J connectivity index is 1.85. The van der Waals surface area contributed by atoms with Crippen LogP contribution in [0.15, 0.2) is 46.9 Å². The summed E-state index contributed by atoms with van der Waals surface area (Å²) in [6.07, 6.45) is 0.714. The second-order valence-electron chi connectivity index (χ2n) is 5.36. The third-order valence-electron chi connectivity index (χ3n) is 3.52. The summed E-state index contributed by atoms with van der Waals surface area (Å²) in [5.74, 6) is 0.645. The minimum absolute atomic E-state index is 0.0128. The minimum Gasteiger partial charge on any atom is -0.507 e. The SMILES string of the molecule is Cc1ccccc1OCCCN(C)C(=O)c1cc(Br)ccc1O. The fraction of sp³-hybridized carbons (Fsp3) is 0.278. The first kappa shape index (κ1) is 17.3. The quantitative estimate of drug-likeness (QED) is 0.773. The van der Waals surface area contributed by atoms with E-state index in [1.807, 2.05) is 31.2 Å². The number of carbonyl (C=O) groups is 1. The van der Waals surface area contributed by atoms with Gasteiger partial charge in [0.2, 0.25) is 0 Å². The standard InChI is InChI=1S/C18H20BrNO3/c1-13-6-3-4-7-17(13)23-11-5-10-20(2)18(22)15-12-14(19)8-9-16(15)21/h3-4,6-9,12,21H,5,10-11H2,1-2H3. The van der Waals surface area contributed by atoms with Crippen molar-refractivity contribution < 1.29 is 14.6 Å². The van der Waals surface area contributed by atoms with Gasteiger partial charge in [0, 0.05) is 18.1 Å². The largest absolute Gasteiger partial charge is 0.507 e. The van der Waals surface area contributed by atoms with Crippen molar-refractivity contribution in [3.8, 4) is 11.5 Å². The van der Waals surface area contributed by atoms with Crippen molar-refractivity contribution >= 4 is 21.8 Å². The van der Waals surface area contributed by atoms with E-state index in [2.05, 4.69) is 15.9 Å². The Hall–Kier alpha value is -2.01. The number of hydrogen-bond acceptors (Lipinski definition) is 3. The summed E-state index contributed by atoms with van der Waals surface area (Å²) in [7, 11) is 1.72. The van der Waals surface area contributed by atoms with Crippen molar-refractivity contribution in [1.29, 1.82) is 0 Å². The zero-order valence-electron chi connectivity index (χ0n) is 13.3. The van der Waals surface area contributed by atoms with E-state index in [1.54, 1.807) is 24.1 Å². The molecule has 2 aromatic rings. The van der Waals surface area contributed by atoms with Gasteiger partial charge >= 0.3 is 0 Å². The number of phenolic OH excluding ortho intramolecular Hbond substituents is 1. The summed E-state index contributed by atoms with van der Waals surface area (Å²) >= 11 is 3.31. The van der Waals surface area contributed by atoms with Crippen molar-refractivity contribution in [3.05, 3.63) is 58.1 Å². The van der Waals surface area contributed by atoms with Crippen LogP contribution < -0.4 is 4.74 Å². The molecule has 0 aliphatic carbocycles. The number of aromatic hydroxyl groups is 1. The summed E-state index contributed by atoms with van der Waals surface area (Å²) in [6.45, 7) is 3.09. The van der Waals surface area contributed by atoms with Gasteiger partial charge in [-0.3, -0.25) is 4.79 Å². The van der Waals surface area contributed by atoms with E-state index in [4.69, 9.17) is 4.74 Å². The molecule has 0 radical (unpaired) electrons. The van der Waals surface area contributed by atoms with Crippen LogP contribution in [0.3, 0.4) is 0 Å². The molecule has 0 saturated heterocycles. The van der Waals surface area contributed by atoms with Crippen LogP contribution in [0.2, 0.25) is 0 Å². The molecule has 0 spiro atoms. The van der Waals surface area contributed by atoms with Gasteiger partial charge in [0.1, 0.15) is 11.5 Å². The average Bonchev–Trinajstić information content (AvgIpc) is 2.54. The van der Waals surface area contributed by atoms with E-state index in [9.17, 15) is 9.90 Å². The zero-order valence-corrected chi connectivity index (χ0v) is 14.8. The molecule has 0 saturated carbocycles.